The zero-order valence-electron chi connectivity index (χ0n) is 12.8. The van der Waals surface area contributed by atoms with Crippen molar-refractivity contribution in [1.82, 2.24) is 0 Å². The number of rotatable bonds is 8. The molecular formula is C14H29LiOSi. The van der Waals surface area contributed by atoms with Crippen molar-refractivity contribution >= 4 is 26.0 Å². The molecule has 0 amide bonds. The number of hydrogen-bond acceptors (Lipinski definition) is 1. The summed E-state index contributed by atoms with van der Waals surface area (Å²) >= 11 is 2.25. The van der Waals surface area contributed by atoms with Crippen molar-refractivity contribution in [3.05, 3.63) is 12.7 Å². The van der Waals surface area contributed by atoms with Crippen LogP contribution in [0, 0.1) is 0 Å². The van der Waals surface area contributed by atoms with Gasteiger partial charge in [0.05, 0.1) is 0 Å². The van der Waals surface area contributed by atoms with E-state index < -0.39 is 8.32 Å². The van der Waals surface area contributed by atoms with Gasteiger partial charge in [-0.3, -0.25) is 0 Å². The Morgan fingerprint density at radius 2 is 1.82 bits per heavy atom. The molecule has 0 N–H and O–H groups in total. The van der Waals surface area contributed by atoms with E-state index in [0.29, 0.717) is 0 Å². The molecule has 0 unspecified atom stereocenters. The first-order chi connectivity index (χ1) is 7.74. The molecule has 0 heterocycles. The van der Waals surface area contributed by atoms with Crippen LogP contribution in [0.4, 0.5) is 0 Å². The van der Waals surface area contributed by atoms with E-state index in [4.69, 9.17) is 4.43 Å². The maximum atomic E-state index is 6.35. The first-order valence-electron chi connectivity index (χ1n) is 7.05. The van der Waals surface area contributed by atoms with E-state index in [9.17, 15) is 0 Å². The van der Waals surface area contributed by atoms with Gasteiger partial charge in [-0.15, -0.1) is 0 Å². The van der Waals surface area contributed by atoms with E-state index in [0.717, 1.165) is 6.42 Å². The summed E-state index contributed by atoms with van der Waals surface area (Å²) in [6.07, 6.45) is 7.31. The van der Waals surface area contributed by atoms with Gasteiger partial charge >= 0.3 is 119 Å². The van der Waals surface area contributed by atoms with Gasteiger partial charge in [-0.05, 0) is 0 Å². The fourth-order valence-corrected chi connectivity index (χ4v) is 2.88. The summed E-state index contributed by atoms with van der Waals surface area (Å²) in [5.74, 6) is 0. The van der Waals surface area contributed by atoms with Crippen LogP contribution in [0.15, 0.2) is 12.7 Å². The molecule has 17 heavy (non-hydrogen) atoms. The Hall–Kier alpha value is 0.514. The molecular weight excluding hydrogens is 219 g/mol. The molecule has 0 rings (SSSR count). The molecule has 0 saturated carbocycles. The third kappa shape index (κ3) is 6.86. The summed E-state index contributed by atoms with van der Waals surface area (Å²) in [5, 5.41) is 1.58. The normalized spacial score (nSPS) is 14.8. The molecule has 3 heteroatoms. The zero-order valence-corrected chi connectivity index (χ0v) is 13.8. The van der Waals surface area contributed by atoms with Crippen LogP contribution in [0.2, 0.25) is 23.2 Å². The summed E-state index contributed by atoms with van der Waals surface area (Å²) in [7, 11) is -1.63. The van der Waals surface area contributed by atoms with Crippen molar-refractivity contribution in [1.29, 1.82) is 0 Å². The average molecular weight is 248 g/mol. The molecule has 1 atom stereocenters. The molecule has 0 fully saturated rings. The molecule has 0 aromatic heterocycles. The molecule has 0 aromatic rings. The standard InChI is InChI=1S/C14H29OSi.Li/c1-8-10-11-12-13(9-2)15-16(6,7)14(3,4)5;/h9,13H,1-2,8,10-12H2,3-7H3;/t13-;/m1./s1. The van der Waals surface area contributed by atoms with Gasteiger partial charge in [0.15, 0.2) is 0 Å². The Labute approximate surface area is 119 Å². The Bertz CT molecular complexity index is 221. The summed E-state index contributed by atoms with van der Waals surface area (Å²) in [4.78, 5) is 0. The van der Waals surface area contributed by atoms with E-state index in [1.807, 2.05) is 6.08 Å². The molecule has 0 aromatic carbocycles. The second kappa shape index (κ2) is 7.84. The molecule has 0 aliphatic heterocycles. The molecule has 0 bridgehead atoms. The summed E-state index contributed by atoms with van der Waals surface area (Å²) in [6.45, 7) is 15.4. The molecule has 0 aliphatic carbocycles. The minimum atomic E-state index is -1.63. The predicted molar refractivity (Wildman–Crippen MR) is 81.3 cm³/mol. The SMILES string of the molecule is [Li][CH2]CCCC[C@@H](C=C)O[Si](C)(C)C(C)(C)C. The van der Waals surface area contributed by atoms with E-state index >= 15 is 0 Å². The van der Waals surface area contributed by atoms with Crippen molar-refractivity contribution in [2.24, 2.45) is 0 Å². The van der Waals surface area contributed by atoms with Gasteiger partial charge in [-0.25, -0.2) is 0 Å². The fourth-order valence-electron chi connectivity index (χ4n) is 1.55. The van der Waals surface area contributed by atoms with Gasteiger partial charge in [0.2, 0.25) is 0 Å². The topological polar surface area (TPSA) is 9.23 Å². The van der Waals surface area contributed by atoms with Gasteiger partial charge in [0.25, 0.3) is 0 Å². The van der Waals surface area contributed by atoms with E-state index in [-0.39, 0.29) is 11.1 Å². The summed E-state index contributed by atoms with van der Waals surface area (Å²) in [5.41, 5.74) is 0. The summed E-state index contributed by atoms with van der Waals surface area (Å²) < 4.78 is 6.35. The Kier molecular flexibility index (Phi) is 8.08. The van der Waals surface area contributed by atoms with Gasteiger partial charge < -0.3 is 0 Å². The zero-order chi connectivity index (χ0) is 13.5. The fraction of sp³-hybridized carbons (Fsp3) is 0.857. The van der Waals surface area contributed by atoms with E-state index in [2.05, 4.69) is 58.2 Å². The molecule has 0 saturated heterocycles. The first-order valence-corrected chi connectivity index (χ1v) is 9.96. The molecule has 0 radical (unpaired) electrons. The monoisotopic (exact) mass is 248 g/mol. The van der Waals surface area contributed by atoms with Crippen molar-refractivity contribution < 1.29 is 4.43 Å². The van der Waals surface area contributed by atoms with Crippen LogP contribution < -0.4 is 0 Å². The van der Waals surface area contributed by atoms with Crippen molar-refractivity contribution in [2.45, 2.75) is 75.8 Å². The summed E-state index contributed by atoms with van der Waals surface area (Å²) in [6, 6.07) is 0. The third-order valence-corrected chi connectivity index (χ3v) is 8.36. The Morgan fingerprint density at radius 3 is 2.24 bits per heavy atom. The van der Waals surface area contributed by atoms with Crippen LogP contribution in [0.3, 0.4) is 0 Å². The van der Waals surface area contributed by atoms with Crippen molar-refractivity contribution in [2.75, 3.05) is 0 Å². The van der Waals surface area contributed by atoms with Crippen LogP contribution in [0.1, 0.15) is 46.5 Å². The van der Waals surface area contributed by atoms with Gasteiger partial charge in [0.1, 0.15) is 0 Å². The van der Waals surface area contributed by atoms with Crippen LogP contribution in [0.5, 0.6) is 0 Å². The third-order valence-electron chi connectivity index (χ3n) is 3.86. The predicted octanol–water partition coefficient (Wildman–Crippen LogP) is 4.71. The average Bonchev–Trinajstić information content (AvgIpc) is 2.20. The van der Waals surface area contributed by atoms with Gasteiger partial charge in [0, 0.05) is 0 Å². The molecule has 96 valence electrons. The Balaban J connectivity index is 4.17. The Morgan fingerprint density at radius 1 is 1.24 bits per heavy atom. The molecule has 0 aliphatic rings. The van der Waals surface area contributed by atoms with Crippen molar-refractivity contribution in [3.63, 3.8) is 0 Å². The van der Waals surface area contributed by atoms with Gasteiger partial charge in [-0.2, -0.15) is 0 Å². The van der Waals surface area contributed by atoms with Crippen LogP contribution in [0.25, 0.3) is 0 Å². The van der Waals surface area contributed by atoms with Crippen LogP contribution in [-0.4, -0.2) is 32.1 Å². The van der Waals surface area contributed by atoms with Gasteiger partial charge in [-0.1, -0.05) is 0 Å². The number of unbranched alkanes of at least 4 members (excludes halogenated alkanes) is 2. The van der Waals surface area contributed by atoms with Crippen molar-refractivity contribution in [3.8, 4) is 0 Å². The van der Waals surface area contributed by atoms with Crippen LogP contribution >= 0.6 is 0 Å². The molecule has 0 spiro atoms. The van der Waals surface area contributed by atoms with E-state index in [1.54, 1.807) is 0 Å². The second-order valence-corrected chi connectivity index (χ2v) is 11.3. The van der Waals surface area contributed by atoms with E-state index in [1.165, 1.54) is 24.4 Å². The van der Waals surface area contributed by atoms with Crippen LogP contribution in [-0.2, 0) is 4.43 Å². The maximum absolute atomic E-state index is 6.35. The molecule has 1 nitrogen and oxygen atoms in total. The number of hydrogen-bond donors (Lipinski definition) is 0. The first kappa shape index (κ1) is 17.5. The minimum absolute atomic E-state index is 0.257. The quantitative estimate of drug-likeness (QED) is 0.343. The second-order valence-electron chi connectivity index (χ2n) is 6.50.